The maximum Gasteiger partial charge on any atom is 0.305 e. The van der Waals surface area contributed by atoms with Gasteiger partial charge in [-0.15, -0.1) is 11.6 Å². The number of benzene rings is 2. The van der Waals surface area contributed by atoms with Crippen molar-refractivity contribution in [2.24, 2.45) is 0 Å². The SMILES string of the molecule is CCOC(=O)CCCCCCOc1cccc(-c2cccc(NC(=O)c3ccccc3S(=O)(=O)CCl)c2Cl)n1. The van der Waals surface area contributed by atoms with E-state index in [0.717, 1.165) is 25.7 Å². The summed E-state index contributed by atoms with van der Waals surface area (Å²) in [5, 5.41) is 2.29. The van der Waals surface area contributed by atoms with E-state index < -0.39 is 21.0 Å². The van der Waals surface area contributed by atoms with Crippen molar-refractivity contribution in [2.45, 2.75) is 43.9 Å². The van der Waals surface area contributed by atoms with Crippen LogP contribution >= 0.6 is 23.2 Å². The maximum absolute atomic E-state index is 13.0. The van der Waals surface area contributed by atoms with E-state index in [2.05, 4.69) is 10.3 Å². The molecule has 8 nitrogen and oxygen atoms in total. The third-order valence-electron chi connectivity index (χ3n) is 5.69. The lowest BCUT2D eigenvalue weighted by atomic mass is 10.1. The van der Waals surface area contributed by atoms with Gasteiger partial charge in [-0.25, -0.2) is 13.4 Å². The minimum absolute atomic E-state index is 0.0333. The summed E-state index contributed by atoms with van der Waals surface area (Å²) in [7, 11) is -3.82. The van der Waals surface area contributed by atoms with Crippen LogP contribution < -0.4 is 10.1 Å². The maximum atomic E-state index is 13.0. The molecular formula is C28H30Cl2N2O6S. The summed E-state index contributed by atoms with van der Waals surface area (Å²) in [5.74, 6) is -0.364. The molecule has 1 aromatic heterocycles. The summed E-state index contributed by atoms with van der Waals surface area (Å²) in [6.45, 7) is 2.67. The minimum atomic E-state index is -3.82. The first-order chi connectivity index (χ1) is 18.8. The van der Waals surface area contributed by atoms with Gasteiger partial charge in [-0.2, -0.15) is 0 Å². The highest BCUT2D eigenvalue weighted by atomic mass is 35.5. The number of carbonyl (C=O) groups is 2. The number of amides is 1. The molecule has 0 unspecified atom stereocenters. The highest BCUT2D eigenvalue weighted by Gasteiger charge is 2.22. The second kappa shape index (κ2) is 14.9. The Hall–Kier alpha value is -3.14. The van der Waals surface area contributed by atoms with Crippen LogP contribution in [0, 0.1) is 0 Å². The van der Waals surface area contributed by atoms with Gasteiger partial charge in [0.15, 0.2) is 9.84 Å². The van der Waals surface area contributed by atoms with Gasteiger partial charge < -0.3 is 14.8 Å². The van der Waals surface area contributed by atoms with E-state index in [1.54, 1.807) is 49.4 Å². The van der Waals surface area contributed by atoms with Crippen LogP contribution in [0.5, 0.6) is 5.88 Å². The van der Waals surface area contributed by atoms with Gasteiger partial charge in [0.2, 0.25) is 5.88 Å². The molecule has 0 fully saturated rings. The van der Waals surface area contributed by atoms with E-state index in [1.165, 1.54) is 18.2 Å². The second-order valence-corrected chi connectivity index (χ2v) is 11.4. The van der Waals surface area contributed by atoms with Crippen molar-refractivity contribution in [3.8, 4) is 17.1 Å². The molecule has 0 bridgehead atoms. The monoisotopic (exact) mass is 592 g/mol. The van der Waals surface area contributed by atoms with E-state index in [9.17, 15) is 18.0 Å². The van der Waals surface area contributed by atoms with Gasteiger partial charge in [-0.1, -0.05) is 54.8 Å². The number of alkyl halides is 1. The number of sulfone groups is 1. The normalized spacial score (nSPS) is 11.2. The largest absolute Gasteiger partial charge is 0.478 e. The number of carbonyl (C=O) groups excluding carboxylic acids is 2. The molecule has 0 saturated heterocycles. The highest BCUT2D eigenvalue weighted by molar-refractivity contribution is 7.92. The topological polar surface area (TPSA) is 112 Å². The lowest BCUT2D eigenvalue weighted by molar-refractivity contribution is -0.143. The summed E-state index contributed by atoms with van der Waals surface area (Å²) < 4.78 is 35.4. The summed E-state index contributed by atoms with van der Waals surface area (Å²) in [6.07, 6.45) is 3.86. The molecule has 11 heteroatoms. The number of hydrogen-bond donors (Lipinski definition) is 1. The number of nitrogens with one attached hydrogen (secondary N) is 1. The average Bonchev–Trinajstić information content (AvgIpc) is 2.94. The van der Waals surface area contributed by atoms with Crippen LogP contribution in [0.25, 0.3) is 11.3 Å². The van der Waals surface area contributed by atoms with Gasteiger partial charge in [0.25, 0.3) is 5.91 Å². The molecule has 3 rings (SSSR count). The van der Waals surface area contributed by atoms with Crippen LogP contribution in [-0.2, 0) is 19.4 Å². The van der Waals surface area contributed by atoms with Gasteiger partial charge in [-0.05, 0) is 44.0 Å². The number of aromatic nitrogens is 1. The molecule has 0 atom stereocenters. The number of ether oxygens (including phenoxy) is 2. The lowest BCUT2D eigenvalue weighted by Gasteiger charge is -2.13. The average molecular weight is 594 g/mol. The zero-order valence-electron chi connectivity index (χ0n) is 21.5. The molecule has 0 aliphatic heterocycles. The predicted molar refractivity (Wildman–Crippen MR) is 152 cm³/mol. The molecule has 0 spiro atoms. The molecule has 0 aliphatic carbocycles. The van der Waals surface area contributed by atoms with Gasteiger partial charge in [0.05, 0.1) is 40.1 Å². The summed E-state index contributed by atoms with van der Waals surface area (Å²) >= 11 is 12.2. The van der Waals surface area contributed by atoms with E-state index >= 15 is 0 Å². The van der Waals surface area contributed by atoms with Crippen LogP contribution in [0.3, 0.4) is 0 Å². The Kier molecular flexibility index (Phi) is 11.6. The third-order valence-corrected chi connectivity index (χ3v) is 8.27. The Balaban J connectivity index is 1.64. The fraction of sp³-hybridized carbons (Fsp3) is 0.321. The van der Waals surface area contributed by atoms with Gasteiger partial charge in [-0.3, -0.25) is 9.59 Å². The summed E-state index contributed by atoms with van der Waals surface area (Å²) in [4.78, 5) is 28.8. The van der Waals surface area contributed by atoms with Gasteiger partial charge >= 0.3 is 5.97 Å². The number of halogens is 2. The van der Waals surface area contributed by atoms with Crippen molar-refractivity contribution in [1.82, 2.24) is 4.98 Å². The smallest absolute Gasteiger partial charge is 0.305 e. The van der Waals surface area contributed by atoms with Crippen molar-refractivity contribution in [1.29, 1.82) is 0 Å². The molecule has 0 saturated carbocycles. The zero-order chi connectivity index (χ0) is 28.3. The number of rotatable bonds is 14. The molecule has 0 aliphatic rings. The first kappa shape index (κ1) is 30.4. The number of unbranched alkanes of at least 4 members (excludes halogenated alkanes) is 3. The number of anilines is 1. The molecule has 1 heterocycles. The van der Waals surface area contributed by atoms with Gasteiger partial charge in [0, 0.05) is 18.1 Å². The molecule has 0 radical (unpaired) electrons. The number of pyridine rings is 1. The standard InChI is InChI=1S/C28H30Cl2N2O6S/c1-2-37-26(33)17-5-3-4-8-18-38-25-16-10-13-22(31-25)20-12-9-14-23(27(20)30)32-28(34)21-11-6-7-15-24(21)39(35,36)19-29/h6-7,9-16H,2-5,8,17-19H2,1H3,(H,32,34). The Morgan fingerprint density at radius 1 is 0.949 bits per heavy atom. The Labute approximate surface area is 238 Å². The van der Waals surface area contributed by atoms with Crippen molar-refractivity contribution >= 4 is 50.6 Å². The number of hydrogen-bond acceptors (Lipinski definition) is 7. The van der Waals surface area contributed by atoms with E-state index in [-0.39, 0.29) is 21.5 Å². The first-order valence-electron chi connectivity index (χ1n) is 12.5. The predicted octanol–water partition coefficient (Wildman–Crippen LogP) is 6.52. The summed E-state index contributed by atoms with van der Waals surface area (Å²) in [6, 6.07) is 16.3. The molecule has 3 aromatic rings. The van der Waals surface area contributed by atoms with E-state index in [0.29, 0.717) is 42.5 Å². The van der Waals surface area contributed by atoms with Crippen LogP contribution in [0.1, 0.15) is 49.4 Å². The van der Waals surface area contributed by atoms with E-state index in [1.807, 2.05) is 0 Å². The first-order valence-corrected chi connectivity index (χ1v) is 15.1. The van der Waals surface area contributed by atoms with Crippen LogP contribution in [0.4, 0.5) is 5.69 Å². The number of nitrogens with zero attached hydrogens (tertiary/aromatic N) is 1. The molecule has 208 valence electrons. The minimum Gasteiger partial charge on any atom is -0.478 e. The van der Waals surface area contributed by atoms with E-state index in [4.69, 9.17) is 32.7 Å². The number of esters is 1. The highest BCUT2D eigenvalue weighted by Crippen LogP contribution is 2.34. The molecular weight excluding hydrogens is 563 g/mol. The Morgan fingerprint density at radius 3 is 2.46 bits per heavy atom. The second-order valence-electron chi connectivity index (χ2n) is 8.52. The Bertz CT molecular complexity index is 1400. The molecule has 2 aromatic carbocycles. The van der Waals surface area contributed by atoms with Crippen molar-refractivity contribution in [3.63, 3.8) is 0 Å². The fourth-order valence-corrected chi connectivity index (χ4v) is 5.30. The lowest BCUT2D eigenvalue weighted by Crippen LogP contribution is -2.17. The zero-order valence-corrected chi connectivity index (χ0v) is 23.8. The van der Waals surface area contributed by atoms with Crippen LogP contribution in [-0.4, -0.2) is 43.7 Å². The van der Waals surface area contributed by atoms with Crippen molar-refractivity contribution in [3.05, 3.63) is 71.2 Å². The third kappa shape index (κ3) is 8.68. The van der Waals surface area contributed by atoms with Crippen molar-refractivity contribution in [2.75, 3.05) is 23.7 Å². The molecule has 1 N–H and O–H groups in total. The van der Waals surface area contributed by atoms with Crippen molar-refractivity contribution < 1.29 is 27.5 Å². The molecule has 1 amide bonds. The van der Waals surface area contributed by atoms with Gasteiger partial charge in [0.1, 0.15) is 5.21 Å². The quantitative estimate of drug-likeness (QED) is 0.129. The van der Waals surface area contributed by atoms with Crippen LogP contribution in [0.15, 0.2) is 65.6 Å². The van der Waals surface area contributed by atoms with Crippen LogP contribution in [0.2, 0.25) is 5.02 Å². The molecule has 39 heavy (non-hydrogen) atoms. The fourth-order valence-electron chi connectivity index (χ4n) is 3.78. The summed E-state index contributed by atoms with van der Waals surface area (Å²) in [5.41, 5.74) is 1.39. The Morgan fingerprint density at radius 2 is 1.69 bits per heavy atom.